The topological polar surface area (TPSA) is 17.1 Å². The second-order valence-corrected chi connectivity index (χ2v) is 5.70. The van der Waals surface area contributed by atoms with Gasteiger partial charge in [-0.25, -0.2) is 0 Å². The van der Waals surface area contributed by atoms with Gasteiger partial charge in [-0.15, -0.1) is 11.6 Å². The highest BCUT2D eigenvalue weighted by atomic mass is 35.5. The van der Waals surface area contributed by atoms with Crippen LogP contribution in [0.5, 0.6) is 0 Å². The number of halogens is 2. The third-order valence-electron chi connectivity index (χ3n) is 2.00. The zero-order valence-electron chi connectivity index (χ0n) is 8.42. The maximum atomic E-state index is 11.6. The van der Waals surface area contributed by atoms with Crippen LogP contribution in [0.15, 0.2) is 24.3 Å². The summed E-state index contributed by atoms with van der Waals surface area (Å²) in [4.78, 5) is 0. The molecule has 1 atom stereocenters. The van der Waals surface area contributed by atoms with Crippen molar-refractivity contribution in [2.75, 3.05) is 11.6 Å². The van der Waals surface area contributed by atoms with Gasteiger partial charge in [-0.2, -0.15) is 0 Å². The Morgan fingerprint density at radius 3 is 2.40 bits per heavy atom. The molecule has 0 amide bonds. The molecule has 1 rings (SSSR count). The number of unbranched alkanes of at least 4 members (excludes halogenated alkanes) is 1. The lowest BCUT2D eigenvalue weighted by Gasteiger charge is -2.02. The van der Waals surface area contributed by atoms with Crippen LogP contribution in [0.1, 0.15) is 18.4 Å². The molecule has 0 heterocycles. The Bertz CT molecular complexity index is 311. The molecule has 0 aromatic heterocycles. The van der Waals surface area contributed by atoms with Crippen molar-refractivity contribution in [1.29, 1.82) is 0 Å². The lowest BCUT2D eigenvalue weighted by atomic mass is 10.2. The first-order valence-electron chi connectivity index (χ1n) is 4.88. The fourth-order valence-corrected chi connectivity index (χ4v) is 2.75. The monoisotopic (exact) mass is 264 g/mol. The summed E-state index contributed by atoms with van der Waals surface area (Å²) in [7, 11) is -0.781. The van der Waals surface area contributed by atoms with Gasteiger partial charge < -0.3 is 0 Å². The largest absolute Gasteiger partial charge is 0.259 e. The van der Waals surface area contributed by atoms with Crippen molar-refractivity contribution < 1.29 is 4.21 Å². The number of rotatable bonds is 6. The van der Waals surface area contributed by atoms with Crippen LogP contribution in [0.4, 0.5) is 0 Å². The fraction of sp³-hybridized carbons (Fsp3) is 0.455. The molecule has 0 aliphatic carbocycles. The minimum Gasteiger partial charge on any atom is -0.259 e. The highest BCUT2D eigenvalue weighted by molar-refractivity contribution is 7.84. The smallest absolute Gasteiger partial charge is 0.0485 e. The predicted molar refractivity (Wildman–Crippen MR) is 68.1 cm³/mol. The molecule has 0 saturated carbocycles. The van der Waals surface area contributed by atoms with Crippen LogP contribution in [0.3, 0.4) is 0 Å². The van der Waals surface area contributed by atoms with Crippen molar-refractivity contribution in [2.24, 2.45) is 0 Å². The van der Waals surface area contributed by atoms with Crippen LogP contribution < -0.4 is 0 Å². The van der Waals surface area contributed by atoms with E-state index in [0.29, 0.717) is 16.7 Å². The van der Waals surface area contributed by atoms with Crippen molar-refractivity contribution in [3.63, 3.8) is 0 Å². The zero-order chi connectivity index (χ0) is 11.1. The molecule has 1 aromatic carbocycles. The van der Waals surface area contributed by atoms with Gasteiger partial charge in [0.15, 0.2) is 0 Å². The molecule has 0 unspecified atom stereocenters. The van der Waals surface area contributed by atoms with E-state index in [0.717, 1.165) is 24.2 Å². The average Bonchev–Trinajstić information content (AvgIpc) is 2.22. The highest BCUT2D eigenvalue weighted by Gasteiger charge is 2.01. The molecule has 0 bridgehead atoms. The van der Waals surface area contributed by atoms with Crippen LogP contribution in [-0.2, 0) is 16.6 Å². The normalized spacial score (nSPS) is 12.7. The standard InChI is InChI=1S/C11H14Cl2OS/c12-7-1-2-8-15(14)9-10-3-5-11(13)6-4-10/h3-6H,1-2,7-9H2/t15-/m0/s1. The van der Waals surface area contributed by atoms with Crippen LogP contribution >= 0.6 is 23.2 Å². The van der Waals surface area contributed by atoms with Crippen molar-refractivity contribution in [2.45, 2.75) is 18.6 Å². The first kappa shape index (κ1) is 13.0. The maximum absolute atomic E-state index is 11.6. The molecular weight excluding hydrogens is 251 g/mol. The first-order chi connectivity index (χ1) is 7.22. The minimum atomic E-state index is -0.781. The quantitative estimate of drug-likeness (QED) is 0.567. The third kappa shape index (κ3) is 5.55. The van der Waals surface area contributed by atoms with E-state index in [9.17, 15) is 4.21 Å². The molecule has 1 aromatic rings. The summed E-state index contributed by atoms with van der Waals surface area (Å²) in [5.41, 5.74) is 1.07. The summed E-state index contributed by atoms with van der Waals surface area (Å²) in [6.45, 7) is 0. The van der Waals surface area contributed by atoms with Gasteiger partial charge >= 0.3 is 0 Å². The van der Waals surface area contributed by atoms with E-state index in [1.807, 2.05) is 24.3 Å². The molecular formula is C11H14Cl2OS. The highest BCUT2D eigenvalue weighted by Crippen LogP contribution is 2.11. The van der Waals surface area contributed by atoms with Crippen molar-refractivity contribution in [3.8, 4) is 0 Å². The van der Waals surface area contributed by atoms with Crippen LogP contribution in [0.25, 0.3) is 0 Å². The lowest BCUT2D eigenvalue weighted by Crippen LogP contribution is -2.01. The Morgan fingerprint density at radius 1 is 1.13 bits per heavy atom. The number of alkyl halides is 1. The number of benzene rings is 1. The molecule has 84 valence electrons. The number of hydrogen-bond donors (Lipinski definition) is 0. The van der Waals surface area contributed by atoms with E-state index in [1.54, 1.807) is 0 Å². The molecule has 0 saturated heterocycles. The van der Waals surface area contributed by atoms with Gasteiger partial charge in [-0.1, -0.05) is 23.7 Å². The summed E-state index contributed by atoms with van der Waals surface area (Å²) in [5.74, 6) is 1.99. The maximum Gasteiger partial charge on any atom is 0.0485 e. The summed E-state index contributed by atoms with van der Waals surface area (Å²) >= 11 is 11.3. The van der Waals surface area contributed by atoms with E-state index in [-0.39, 0.29) is 0 Å². The molecule has 0 N–H and O–H groups in total. The van der Waals surface area contributed by atoms with Gasteiger partial charge in [0, 0.05) is 33.2 Å². The fourth-order valence-electron chi connectivity index (χ4n) is 1.20. The van der Waals surface area contributed by atoms with Gasteiger partial charge in [0.1, 0.15) is 0 Å². The third-order valence-corrected chi connectivity index (χ3v) is 3.92. The first-order valence-corrected chi connectivity index (χ1v) is 7.28. The molecule has 1 nitrogen and oxygen atoms in total. The Hall–Kier alpha value is -0.0500. The van der Waals surface area contributed by atoms with Gasteiger partial charge in [-0.3, -0.25) is 4.21 Å². The molecule has 0 spiro atoms. The SMILES string of the molecule is O=[S@@](CCCCCl)Cc1ccc(Cl)cc1. The van der Waals surface area contributed by atoms with E-state index in [4.69, 9.17) is 23.2 Å². The molecule has 0 aliphatic heterocycles. The predicted octanol–water partition coefficient (Wildman–Crippen LogP) is 3.61. The van der Waals surface area contributed by atoms with E-state index < -0.39 is 10.8 Å². The Morgan fingerprint density at radius 2 is 1.80 bits per heavy atom. The average molecular weight is 265 g/mol. The Balaban J connectivity index is 2.34. The van der Waals surface area contributed by atoms with E-state index in [2.05, 4.69) is 0 Å². The molecule has 0 radical (unpaired) electrons. The Kier molecular flexibility index (Phi) is 6.30. The van der Waals surface area contributed by atoms with Crippen LogP contribution in [0, 0.1) is 0 Å². The zero-order valence-corrected chi connectivity index (χ0v) is 10.7. The second-order valence-electron chi connectivity index (χ2n) is 3.31. The lowest BCUT2D eigenvalue weighted by molar-refractivity contribution is 0.679. The minimum absolute atomic E-state index is 0.611. The van der Waals surface area contributed by atoms with Gasteiger partial charge in [-0.05, 0) is 30.5 Å². The second kappa shape index (κ2) is 7.26. The van der Waals surface area contributed by atoms with Crippen molar-refractivity contribution >= 4 is 34.0 Å². The molecule has 15 heavy (non-hydrogen) atoms. The van der Waals surface area contributed by atoms with Crippen LogP contribution in [-0.4, -0.2) is 15.8 Å². The van der Waals surface area contributed by atoms with Crippen LogP contribution in [0.2, 0.25) is 5.02 Å². The molecule has 0 fully saturated rings. The molecule has 4 heteroatoms. The van der Waals surface area contributed by atoms with Gasteiger partial charge in [0.05, 0.1) is 0 Å². The van der Waals surface area contributed by atoms with E-state index >= 15 is 0 Å². The molecule has 0 aliphatic rings. The van der Waals surface area contributed by atoms with Gasteiger partial charge in [0.25, 0.3) is 0 Å². The number of hydrogen-bond acceptors (Lipinski definition) is 1. The summed E-state index contributed by atoms with van der Waals surface area (Å²) in [6.07, 6.45) is 1.87. The summed E-state index contributed by atoms with van der Waals surface area (Å²) < 4.78 is 11.6. The van der Waals surface area contributed by atoms with Crippen molar-refractivity contribution in [3.05, 3.63) is 34.9 Å². The van der Waals surface area contributed by atoms with Gasteiger partial charge in [0.2, 0.25) is 0 Å². The summed E-state index contributed by atoms with van der Waals surface area (Å²) in [5, 5.41) is 0.715. The Labute approximate surface area is 103 Å². The summed E-state index contributed by atoms with van der Waals surface area (Å²) in [6, 6.07) is 7.49. The van der Waals surface area contributed by atoms with E-state index in [1.165, 1.54) is 0 Å². The van der Waals surface area contributed by atoms with Crippen molar-refractivity contribution in [1.82, 2.24) is 0 Å².